The van der Waals surface area contributed by atoms with Crippen LogP contribution in [0.1, 0.15) is 49.7 Å². The number of amides is 2. The van der Waals surface area contributed by atoms with Crippen LogP contribution in [0.4, 0.5) is 4.79 Å². The molecule has 2 aromatic rings. The molecule has 25 heavy (non-hydrogen) atoms. The van der Waals surface area contributed by atoms with Gasteiger partial charge in [0.05, 0.1) is 19.2 Å². The number of nitrogens with one attached hydrogen (secondary N) is 1. The lowest BCUT2D eigenvalue weighted by Crippen LogP contribution is -2.46. The molecule has 2 N–H and O–H groups in total. The van der Waals surface area contributed by atoms with E-state index in [1.807, 2.05) is 45.0 Å². The summed E-state index contributed by atoms with van der Waals surface area (Å²) < 4.78 is 5.23. The van der Waals surface area contributed by atoms with Gasteiger partial charge >= 0.3 is 6.03 Å². The number of carbonyl (C=O) groups excluding carboxylic acids is 1. The van der Waals surface area contributed by atoms with E-state index >= 15 is 0 Å². The molecule has 0 aliphatic carbocycles. The smallest absolute Gasteiger partial charge is 0.318 e. The van der Waals surface area contributed by atoms with Crippen molar-refractivity contribution in [3.8, 4) is 0 Å². The Bertz CT molecular complexity index is 751. The van der Waals surface area contributed by atoms with E-state index in [4.69, 9.17) is 4.52 Å². The van der Waals surface area contributed by atoms with Crippen molar-refractivity contribution in [2.24, 2.45) is 0 Å². The lowest BCUT2D eigenvalue weighted by atomic mass is 9.93. The second-order valence-corrected chi connectivity index (χ2v) is 7.27. The maximum absolute atomic E-state index is 12.6. The fourth-order valence-electron chi connectivity index (χ4n) is 2.98. The van der Waals surface area contributed by atoms with Crippen LogP contribution in [-0.2, 0) is 18.4 Å². The number of nitrogens with zero attached hydrogens (tertiary/aromatic N) is 3. The molecule has 2 amide bonds. The van der Waals surface area contributed by atoms with Crippen molar-refractivity contribution in [2.75, 3.05) is 13.2 Å². The average molecular weight is 344 g/mol. The normalized spacial score (nSPS) is 17.3. The Morgan fingerprint density at radius 3 is 2.84 bits per heavy atom. The zero-order chi connectivity index (χ0) is 18.0. The van der Waals surface area contributed by atoms with Crippen molar-refractivity contribution in [1.82, 2.24) is 20.4 Å². The molecular weight excluding hydrogens is 320 g/mol. The van der Waals surface area contributed by atoms with Gasteiger partial charge in [-0.15, -0.1) is 0 Å². The number of urea groups is 1. The molecule has 0 unspecified atom stereocenters. The fourth-order valence-corrected chi connectivity index (χ4v) is 2.98. The Balaban J connectivity index is 1.66. The molecule has 0 saturated carbocycles. The molecule has 7 heteroatoms. The molecular formula is C18H24N4O3. The van der Waals surface area contributed by atoms with Gasteiger partial charge in [0.2, 0.25) is 5.89 Å². The quantitative estimate of drug-likeness (QED) is 0.890. The summed E-state index contributed by atoms with van der Waals surface area (Å²) in [5, 5.41) is 16.5. The first kappa shape index (κ1) is 17.4. The van der Waals surface area contributed by atoms with E-state index in [0.717, 1.165) is 12.0 Å². The van der Waals surface area contributed by atoms with Crippen molar-refractivity contribution < 1.29 is 14.4 Å². The van der Waals surface area contributed by atoms with E-state index in [-0.39, 0.29) is 30.6 Å². The summed E-state index contributed by atoms with van der Waals surface area (Å²) >= 11 is 0. The zero-order valence-electron chi connectivity index (χ0n) is 14.8. The van der Waals surface area contributed by atoms with Crippen LogP contribution in [-0.4, -0.2) is 39.3 Å². The summed E-state index contributed by atoms with van der Waals surface area (Å²) in [4.78, 5) is 18.5. The predicted molar refractivity (Wildman–Crippen MR) is 91.9 cm³/mol. The topological polar surface area (TPSA) is 91.5 Å². The van der Waals surface area contributed by atoms with Gasteiger partial charge in [-0.05, 0) is 17.5 Å². The highest BCUT2D eigenvalue weighted by Gasteiger charge is 2.30. The molecule has 2 heterocycles. The zero-order valence-corrected chi connectivity index (χ0v) is 14.8. The number of rotatable bonds is 3. The van der Waals surface area contributed by atoms with Crippen molar-refractivity contribution in [3.63, 3.8) is 0 Å². The van der Waals surface area contributed by atoms with Crippen LogP contribution in [0.25, 0.3) is 0 Å². The number of aromatic nitrogens is 2. The Morgan fingerprint density at radius 1 is 1.40 bits per heavy atom. The average Bonchev–Trinajstić information content (AvgIpc) is 3.08. The van der Waals surface area contributed by atoms with Crippen LogP contribution in [0.3, 0.4) is 0 Å². The standard InChI is InChI=1S/C18H24N4O3/c1-18(2,3)16-20-15(21-25-16)10-19-17(24)22-9-8-12-6-4-5-7-13(12)14(22)11-23/h4-7,14,23H,8-11H2,1-3H3,(H,19,24)/t14-/m1/s1. The fraction of sp³-hybridized carbons (Fsp3) is 0.500. The lowest BCUT2D eigenvalue weighted by molar-refractivity contribution is 0.126. The lowest BCUT2D eigenvalue weighted by Gasteiger charge is -2.36. The molecule has 1 atom stereocenters. The van der Waals surface area contributed by atoms with Gasteiger partial charge in [0, 0.05) is 12.0 Å². The molecule has 7 nitrogen and oxygen atoms in total. The summed E-state index contributed by atoms with van der Waals surface area (Å²) in [5.41, 5.74) is 1.95. The summed E-state index contributed by atoms with van der Waals surface area (Å²) in [6, 6.07) is 7.34. The second kappa shape index (κ2) is 6.84. The van der Waals surface area contributed by atoms with Gasteiger partial charge in [-0.3, -0.25) is 0 Å². The van der Waals surface area contributed by atoms with E-state index in [2.05, 4.69) is 15.5 Å². The Hall–Kier alpha value is -2.41. The summed E-state index contributed by atoms with van der Waals surface area (Å²) in [7, 11) is 0. The first-order valence-electron chi connectivity index (χ1n) is 8.46. The van der Waals surface area contributed by atoms with Crippen molar-refractivity contribution in [3.05, 3.63) is 47.1 Å². The van der Waals surface area contributed by atoms with Crippen molar-refractivity contribution in [2.45, 2.75) is 45.2 Å². The number of aliphatic hydroxyl groups is 1. The number of carbonyl (C=O) groups is 1. The van der Waals surface area contributed by atoms with Gasteiger partial charge in [0.25, 0.3) is 0 Å². The SMILES string of the molecule is CC(C)(C)c1nc(CNC(=O)N2CCc3ccccc3[C@H]2CO)no1. The highest BCUT2D eigenvalue weighted by atomic mass is 16.5. The molecule has 1 aromatic carbocycles. The third-order valence-corrected chi connectivity index (χ3v) is 4.35. The molecule has 134 valence electrons. The van der Waals surface area contributed by atoms with E-state index in [0.29, 0.717) is 18.3 Å². The largest absolute Gasteiger partial charge is 0.394 e. The van der Waals surface area contributed by atoms with Crippen LogP contribution >= 0.6 is 0 Å². The Kier molecular flexibility index (Phi) is 4.76. The molecule has 1 aliphatic heterocycles. The predicted octanol–water partition coefficient (Wildman–Crippen LogP) is 2.17. The van der Waals surface area contributed by atoms with Gasteiger partial charge in [0.15, 0.2) is 5.82 Å². The van der Waals surface area contributed by atoms with E-state index < -0.39 is 0 Å². The Morgan fingerprint density at radius 2 is 2.16 bits per heavy atom. The first-order valence-corrected chi connectivity index (χ1v) is 8.46. The number of benzene rings is 1. The highest BCUT2D eigenvalue weighted by molar-refractivity contribution is 5.75. The van der Waals surface area contributed by atoms with Crippen LogP contribution in [0.2, 0.25) is 0 Å². The van der Waals surface area contributed by atoms with Crippen molar-refractivity contribution >= 4 is 6.03 Å². The van der Waals surface area contributed by atoms with E-state index in [1.165, 1.54) is 5.56 Å². The van der Waals surface area contributed by atoms with Gasteiger partial charge in [-0.25, -0.2) is 4.79 Å². The molecule has 0 saturated heterocycles. The molecule has 1 aliphatic rings. The number of hydrogen-bond acceptors (Lipinski definition) is 5. The van der Waals surface area contributed by atoms with Crippen LogP contribution in [0, 0.1) is 0 Å². The minimum absolute atomic E-state index is 0.110. The maximum atomic E-state index is 12.6. The molecule has 0 spiro atoms. The van der Waals surface area contributed by atoms with Gasteiger partial charge in [0.1, 0.15) is 0 Å². The molecule has 0 fully saturated rings. The number of hydrogen-bond donors (Lipinski definition) is 2. The molecule has 0 radical (unpaired) electrons. The number of aliphatic hydroxyl groups excluding tert-OH is 1. The summed E-state index contributed by atoms with van der Waals surface area (Å²) in [5.74, 6) is 0.980. The third kappa shape index (κ3) is 3.66. The minimum atomic E-state index is -0.333. The van der Waals surface area contributed by atoms with Gasteiger partial charge < -0.3 is 19.8 Å². The van der Waals surface area contributed by atoms with E-state index in [1.54, 1.807) is 4.90 Å². The molecule has 3 rings (SSSR count). The molecule has 0 bridgehead atoms. The highest BCUT2D eigenvalue weighted by Crippen LogP contribution is 2.29. The van der Waals surface area contributed by atoms with Crippen LogP contribution in [0.15, 0.2) is 28.8 Å². The summed E-state index contributed by atoms with van der Waals surface area (Å²) in [6.45, 7) is 6.60. The van der Waals surface area contributed by atoms with E-state index in [9.17, 15) is 9.90 Å². The van der Waals surface area contributed by atoms with Gasteiger partial charge in [-0.2, -0.15) is 4.98 Å². The molecule has 1 aromatic heterocycles. The first-order chi connectivity index (χ1) is 11.9. The van der Waals surface area contributed by atoms with Crippen LogP contribution in [0.5, 0.6) is 0 Å². The Labute approximate surface area is 147 Å². The maximum Gasteiger partial charge on any atom is 0.318 e. The number of fused-ring (bicyclic) bond motifs is 1. The third-order valence-electron chi connectivity index (χ3n) is 4.35. The minimum Gasteiger partial charge on any atom is -0.394 e. The van der Waals surface area contributed by atoms with Gasteiger partial charge in [-0.1, -0.05) is 50.2 Å². The second-order valence-electron chi connectivity index (χ2n) is 7.27. The summed E-state index contributed by atoms with van der Waals surface area (Å²) in [6.07, 6.45) is 0.774. The monoisotopic (exact) mass is 344 g/mol. The van der Waals surface area contributed by atoms with Crippen LogP contribution < -0.4 is 5.32 Å². The van der Waals surface area contributed by atoms with Crippen molar-refractivity contribution in [1.29, 1.82) is 0 Å².